The van der Waals surface area contributed by atoms with Crippen molar-refractivity contribution in [2.75, 3.05) is 12.4 Å². The third-order valence-electron chi connectivity index (χ3n) is 3.35. The molecule has 2 heteroatoms. The van der Waals surface area contributed by atoms with Crippen molar-refractivity contribution < 1.29 is 4.74 Å². The molecule has 0 aliphatic carbocycles. The van der Waals surface area contributed by atoms with E-state index in [4.69, 9.17) is 4.74 Å². The van der Waals surface area contributed by atoms with Crippen LogP contribution in [0.15, 0.2) is 42.5 Å². The van der Waals surface area contributed by atoms with Crippen LogP contribution < -0.4 is 10.1 Å². The second kappa shape index (κ2) is 5.79. The van der Waals surface area contributed by atoms with Crippen LogP contribution in [0.2, 0.25) is 0 Å². The quantitative estimate of drug-likeness (QED) is 0.869. The Bertz CT molecular complexity index is 525. The van der Waals surface area contributed by atoms with Crippen LogP contribution >= 0.6 is 0 Å². The van der Waals surface area contributed by atoms with Gasteiger partial charge in [-0.3, -0.25) is 0 Å². The fraction of sp³-hybridized carbons (Fsp3) is 0.294. The molecule has 0 aromatic heterocycles. The molecule has 1 N–H and O–H groups in total. The van der Waals surface area contributed by atoms with Crippen molar-refractivity contribution in [1.82, 2.24) is 0 Å². The summed E-state index contributed by atoms with van der Waals surface area (Å²) in [5.74, 6) is 0.970. The number of hydrogen-bond donors (Lipinski definition) is 1. The highest BCUT2D eigenvalue weighted by Crippen LogP contribution is 2.28. The summed E-state index contributed by atoms with van der Waals surface area (Å²) in [6.07, 6.45) is 0. The zero-order valence-electron chi connectivity index (χ0n) is 12.0. The smallest absolute Gasteiger partial charge is 0.124 e. The van der Waals surface area contributed by atoms with Gasteiger partial charge in [0.25, 0.3) is 0 Å². The van der Waals surface area contributed by atoms with E-state index in [1.165, 1.54) is 5.56 Å². The van der Waals surface area contributed by atoms with Crippen LogP contribution in [-0.2, 0) is 0 Å². The summed E-state index contributed by atoms with van der Waals surface area (Å²) >= 11 is 0. The second-order valence-corrected chi connectivity index (χ2v) is 4.92. The summed E-state index contributed by atoms with van der Waals surface area (Å²) in [6.45, 7) is 6.32. The van der Waals surface area contributed by atoms with Crippen LogP contribution in [-0.4, -0.2) is 7.11 Å². The largest absolute Gasteiger partial charge is 0.496 e. The van der Waals surface area contributed by atoms with Gasteiger partial charge in [0, 0.05) is 11.7 Å². The predicted octanol–water partition coefficient (Wildman–Crippen LogP) is 4.49. The lowest BCUT2D eigenvalue weighted by molar-refractivity contribution is 0.408. The zero-order valence-corrected chi connectivity index (χ0v) is 12.0. The molecule has 0 aliphatic rings. The Hall–Kier alpha value is -1.96. The maximum absolute atomic E-state index is 5.39. The first-order valence-electron chi connectivity index (χ1n) is 6.58. The highest BCUT2D eigenvalue weighted by Gasteiger charge is 2.08. The molecule has 19 heavy (non-hydrogen) atoms. The monoisotopic (exact) mass is 255 g/mol. The van der Waals surface area contributed by atoms with Crippen molar-refractivity contribution in [3.05, 3.63) is 59.2 Å². The summed E-state index contributed by atoms with van der Waals surface area (Å²) in [7, 11) is 1.72. The molecule has 0 amide bonds. The fourth-order valence-electron chi connectivity index (χ4n) is 2.43. The van der Waals surface area contributed by atoms with Gasteiger partial charge in [0.15, 0.2) is 0 Å². The molecule has 0 bridgehead atoms. The minimum atomic E-state index is 0.286. The third kappa shape index (κ3) is 3.08. The molecule has 0 saturated carbocycles. The Morgan fingerprint density at radius 3 is 2.11 bits per heavy atom. The molecule has 0 fully saturated rings. The molecular weight excluding hydrogens is 234 g/mol. The average molecular weight is 255 g/mol. The van der Waals surface area contributed by atoms with Crippen LogP contribution in [0.1, 0.15) is 29.7 Å². The van der Waals surface area contributed by atoms with Gasteiger partial charge in [-0.15, -0.1) is 0 Å². The van der Waals surface area contributed by atoms with Crippen molar-refractivity contribution in [2.24, 2.45) is 0 Å². The number of nitrogens with one attached hydrogen (secondary N) is 1. The lowest BCUT2D eigenvalue weighted by Crippen LogP contribution is -2.07. The van der Waals surface area contributed by atoms with Crippen LogP contribution in [0, 0.1) is 13.8 Å². The number of hydrogen-bond acceptors (Lipinski definition) is 2. The van der Waals surface area contributed by atoms with E-state index in [0.29, 0.717) is 0 Å². The molecule has 0 saturated heterocycles. The Morgan fingerprint density at radius 2 is 1.58 bits per heavy atom. The zero-order chi connectivity index (χ0) is 13.8. The fourth-order valence-corrected chi connectivity index (χ4v) is 2.43. The molecule has 0 aliphatic heterocycles. The van der Waals surface area contributed by atoms with E-state index in [1.807, 2.05) is 6.07 Å². The van der Waals surface area contributed by atoms with Gasteiger partial charge >= 0.3 is 0 Å². The van der Waals surface area contributed by atoms with Gasteiger partial charge in [0.05, 0.1) is 7.11 Å². The molecule has 1 atom stereocenters. The van der Waals surface area contributed by atoms with Crippen LogP contribution in [0.4, 0.5) is 5.69 Å². The first kappa shape index (κ1) is 13.5. The van der Waals surface area contributed by atoms with Crippen molar-refractivity contribution >= 4 is 5.69 Å². The maximum Gasteiger partial charge on any atom is 0.124 e. The number of benzene rings is 2. The van der Waals surface area contributed by atoms with E-state index in [2.05, 4.69) is 62.5 Å². The molecular formula is C17H21NO. The van der Waals surface area contributed by atoms with Crippen molar-refractivity contribution in [2.45, 2.75) is 26.8 Å². The van der Waals surface area contributed by atoms with Gasteiger partial charge in [0.1, 0.15) is 5.75 Å². The van der Waals surface area contributed by atoms with Gasteiger partial charge in [-0.2, -0.15) is 0 Å². The van der Waals surface area contributed by atoms with E-state index in [1.54, 1.807) is 7.11 Å². The average Bonchev–Trinajstić information content (AvgIpc) is 2.39. The summed E-state index contributed by atoms with van der Waals surface area (Å²) in [5.41, 5.74) is 4.73. The number of aryl methyl sites for hydroxylation is 2. The molecule has 1 unspecified atom stereocenters. The summed E-state index contributed by atoms with van der Waals surface area (Å²) < 4.78 is 5.39. The predicted molar refractivity (Wildman–Crippen MR) is 80.9 cm³/mol. The van der Waals surface area contributed by atoms with Crippen LogP contribution in [0.3, 0.4) is 0 Å². The third-order valence-corrected chi connectivity index (χ3v) is 3.35. The molecule has 0 heterocycles. The highest BCUT2D eigenvalue weighted by molar-refractivity contribution is 5.56. The van der Waals surface area contributed by atoms with Gasteiger partial charge in [-0.25, -0.2) is 0 Å². The highest BCUT2D eigenvalue weighted by atomic mass is 16.5. The Morgan fingerprint density at radius 1 is 1.00 bits per heavy atom. The number of anilines is 1. The maximum atomic E-state index is 5.39. The van der Waals surface area contributed by atoms with E-state index < -0.39 is 0 Å². The minimum Gasteiger partial charge on any atom is -0.496 e. The lowest BCUT2D eigenvalue weighted by Gasteiger charge is -2.18. The second-order valence-electron chi connectivity index (χ2n) is 4.92. The minimum absolute atomic E-state index is 0.286. The summed E-state index contributed by atoms with van der Waals surface area (Å²) in [4.78, 5) is 0. The van der Waals surface area contributed by atoms with Crippen molar-refractivity contribution in [1.29, 1.82) is 0 Å². The van der Waals surface area contributed by atoms with E-state index >= 15 is 0 Å². The summed E-state index contributed by atoms with van der Waals surface area (Å²) in [6, 6.07) is 15.0. The summed E-state index contributed by atoms with van der Waals surface area (Å²) in [5, 5.41) is 3.54. The van der Waals surface area contributed by atoms with Gasteiger partial charge < -0.3 is 10.1 Å². The van der Waals surface area contributed by atoms with Crippen molar-refractivity contribution in [3.63, 3.8) is 0 Å². The Labute approximate surface area is 115 Å². The van der Waals surface area contributed by atoms with E-state index in [9.17, 15) is 0 Å². The first-order chi connectivity index (χ1) is 9.11. The molecule has 2 nitrogen and oxygen atoms in total. The van der Waals surface area contributed by atoms with Crippen molar-refractivity contribution in [3.8, 4) is 5.75 Å². The number of methoxy groups -OCH3 is 1. The SMILES string of the molecule is COc1c(C)cc(NC(C)c2ccccc2)cc1C. The molecule has 100 valence electrons. The molecule has 0 spiro atoms. The molecule has 2 aromatic carbocycles. The van der Waals surface area contributed by atoms with Gasteiger partial charge in [-0.05, 0) is 49.6 Å². The topological polar surface area (TPSA) is 21.3 Å². The lowest BCUT2D eigenvalue weighted by atomic mass is 10.1. The Kier molecular flexibility index (Phi) is 4.10. The van der Waals surface area contributed by atoms with E-state index in [-0.39, 0.29) is 6.04 Å². The Balaban J connectivity index is 2.20. The molecule has 2 aromatic rings. The number of rotatable bonds is 4. The standard InChI is InChI=1S/C17H21NO/c1-12-10-16(11-13(2)17(12)19-4)18-14(3)15-8-6-5-7-9-15/h5-11,14,18H,1-4H3. The normalized spacial score (nSPS) is 12.0. The number of ether oxygens (including phenoxy) is 1. The van der Waals surface area contributed by atoms with Crippen LogP contribution in [0.5, 0.6) is 5.75 Å². The molecule has 0 radical (unpaired) electrons. The van der Waals surface area contributed by atoms with Crippen LogP contribution in [0.25, 0.3) is 0 Å². The van der Waals surface area contributed by atoms with Gasteiger partial charge in [-0.1, -0.05) is 30.3 Å². The van der Waals surface area contributed by atoms with E-state index in [0.717, 1.165) is 22.6 Å². The molecule has 2 rings (SSSR count). The van der Waals surface area contributed by atoms with Gasteiger partial charge in [0.2, 0.25) is 0 Å². The first-order valence-corrected chi connectivity index (χ1v) is 6.58.